The molecule has 0 spiro atoms. The molecule has 4 heteroatoms. The maximum atomic E-state index is 6.16. The van der Waals surface area contributed by atoms with Crippen molar-refractivity contribution >= 4 is 28.9 Å². The van der Waals surface area contributed by atoms with Crippen molar-refractivity contribution in [2.75, 3.05) is 5.32 Å². The fraction of sp³-hybridized carbons (Fsp3) is 0.294. The summed E-state index contributed by atoms with van der Waals surface area (Å²) in [5.41, 5.74) is 3.11. The lowest BCUT2D eigenvalue weighted by Crippen LogP contribution is -2.24. The van der Waals surface area contributed by atoms with Gasteiger partial charge in [-0.3, -0.25) is 0 Å². The van der Waals surface area contributed by atoms with Gasteiger partial charge in [0.15, 0.2) is 0 Å². The highest BCUT2D eigenvalue weighted by Gasteiger charge is 2.29. The minimum atomic E-state index is -0.111. The molecule has 3 rings (SSSR count). The summed E-state index contributed by atoms with van der Waals surface area (Å²) in [5, 5.41) is 4.57. The molecule has 1 heterocycles. The molecule has 2 aromatic carbocycles. The van der Waals surface area contributed by atoms with Crippen molar-refractivity contribution < 1.29 is 4.74 Å². The van der Waals surface area contributed by atoms with E-state index in [1.807, 2.05) is 24.3 Å². The second-order valence-corrected chi connectivity index (χ2v) is 6.75. The first-order chi connectivity index (χ1) is 9.94. The van der Waals surface area contributed by atoms with Gasteiger partial charge in [0.05, 0.1) is 15.7 Å². The largest absolute Gasteiger partial charge is 0.487 e. The predicted octanol–water partition coefficient (Wildman–Crippen LogP) is 5.32. The topological polar surface area (TPSA) is 21.3 Å². The lowest BCUT2D eigenvalue weighted by molar-refractivity contribution is 0.138. The van der Waals surface area contributed by atoms with Gasteiger partial charge in [-0.2, -0.15) is 0 Å². The zero-order valence-corrected chi connectivity index (χ0v) is 13.6. The Morgan fingerprint density at radius 2 is 1.86 bits per heavy atom. The number of fused-ring (bicyclic) bond motifs is 1. The molecule has 0 unspecified atom stereocenters. The second kappa shape index (κ2) is 5.43. The maximum absolute atomic E-state index is 6.16. The number of anilines is 1. The Bertz CT molecular complexity index is 662. The van der Waals surface area contributed by atoms with E-state index in [4.69, 9.17) is 27.9 Å². The van der Waals surface area contributed by atoms with Crippen LogP contribution in [0, 0.1) is 0 Å². The summed E-state index contributed by atoms with van der Waals surface area (Å²) in [7, 11) is 0. The molecule has 1 N–H and O–H groups in total. The number of nitrogens with one attached hydrogen (secondary N) is 1. The quantitative estimate of drug-likeness (QED) is 0.826. The zero-order chi connectivity index (χ0) is 15.0. The first-order valence-corrected chi connectivity index (χ1v) is 7.69. The summed E-state index contributed by atoms with van der Waals surface area (Å²) >= 11 is 12.3. The summed E-state index contributed by atoms with van der Waals surface area (Å²) in [5.74, 6) is 0.986. The summed E-state index contributed by atoms with van der Waals surface area (Å²) < 4.78 is 5.89. The maximum Gasteiger partial charge on any atom is 0.123 e. The Morgan fingerprint density at radius 3 is 2.57 bits per heavy atom. The van der Waals surface area contributed by atoms with Gasteiger partial charge in [0.1, 0.15) is 11.4 Å². The Morgan fingerprint density at radius 1 is 1.14 bits per heavy atom. The first kappa shape index (κ1) is 14.6. The summed E-state index contributed by atoms with van der Waals surface area (Å²) in [6.45, 7) is 4.89. The van der Waals surface area contributed by atoms with E-state index < -0.39 is 0 Å². The van der Waals surface area contributed by atoms with Crippen LogP contribution in [0.25, 0.3) is 0 Å². The third kappa shape index (κ3) is 3.12. The third-order valence-electron chi connectivity index (χ3n) is 3.56. The summed E-state index contributed by atoms with van der Waals surface area (Å²) in [6.07, 6.45) is 0.934. The number of ether oxygens (including phenoxy) is 1. The Hall–Kier alpha value is -1.38. The van der Waals surface area contributed by atoms with Gasteiger partial charge in [-0.1, -0.05) is 41.4 Å². The van der Waals surface area contributed by atoms with Crippen LogP contribution in [0.2, 0.25) is 10.0 Å². The fourth-order valence-electron chi connectivity index (χ4n) is 2.63. The molecule has 2 nitrogen and oxygen atoms in total. The van der Waals surface area contributed by atoms with E-state index >= 15 is 0 Å². The second-order valence-electron chi connectivity index (χ2n) is 5.93. The number of para-hydroxylation sites is 1. The molecule has 0 saturated heterocycles. The third-order valence-corrected chi connectivity index (χ3v) is 4.19. The predicted molar refractivity (Wildman–Crippen MR) is 88.6 cm³/mol. The number of hydrogen-bond acceptors (Lipinski definition) is 2. The molecular weight excluding hydrogens is 305 g/mol. The zero-order valence-electron chi connectivity index (χ0n) is 12.0. The van der Waals surface area contributed by atoms with Crippen LogP contribution in [0.15, 0.2) is 36.4 Å². The highest BCUT2D eigenvalue weighted by Crippen LogP contribution is 2.35. The van der Waals surface area contributed by atoms with Gasteiger partial charge >= 0.3 is 0 Å². The van der Waals surface area contributed by atoms with Crippen molar-refractivity contribution in [3.05, 3.63) is 57.6 Å². The average molecular weight is 322 g/mol. The van der Waals surface area contributed by atoms with Gasteiger partial charge in [-0.05, 0) is 43.2 Å². The molecule has 1 aliphatic rings. The summed E-state index contributed by atoms with van der Waals surface area (Å²) in [4.78, 5) is 0. The molecule has 110 valence electrons. The number of halogens is 2. The van der Waals surface area contributed by atoms with Crippen molar-refractivity contribution in [2.45, 2.75) is 32.4 Å². The van der Waals surface area contributed by atoms with Gasteiger partial charge in [-0.15, -0.1) is 0 Å². The highest BCUT2D eigenvalue weighted by atomic mass is 35.5. The molecule has 0 aromatic heterocycles. The molecule has 0 aliphatic carbocycles. The van der Waals surface area contributed by atoms with Gasteiger partial charge < -0.3 is 10.1 Å². The molecule has 0 atom stereocenters. The van der Waals surface area contributed by atoms with Crippen molar-refractivity contribution in [3.63, 3.8) is 0 Å². The number of benzene rings is 2. The monoisotopic (exact) mass is 321 g/mol. The van der Waals surface area contributed by atoms with E-state index in [1.54, 1.807) is 0 Å². The van der Waals surface area contributed by atoms with E-state index in [1.165, 1.54) is 11.1 Å². The van der Waals surface area contributed by atoms with E-state index in [-0.39, 0.29) is 5.60 Å². The Balaban J connectivity index is 1.76. The summed E-state index contributed by atoms with van der Waals surface area (Å²) in [6, 6.07) is 11.8. The smallest absolute Gasteiger partial charge is 0.123 e. The van der Waals surface area contributed by atoms with Gasteiger partial charge in [0, 0.05) is 13.0 Å². The van der Waals surface area contributed by atoms with Crippen LogP contribution >= 0.6 is 23.2 Å². The fourth-order valence-corrected chi connectivity index (χ4v) is 3.16. The Labute approximate surface area is 135 Å². The van der Waals surface area contributed by atoms with E-state index in [0.29, 0.717) is 16.6 Å². The van der Waals surface area contributed by atoms with Crippen molar-refractivity contribution in [3.8, 4) is 5.75 Å². The van der Waals surface area contributed by atoms with E-state index in [2.05, 4.69) is 31.3 Å². The minimum absolute atomic E-state index is 0.111. The van der Waals surface area contributed by atoms with Crippen LogP contribution in [-0.2, 0) is 13.0 Å². The number of hydrogen-bond donors (Lipinski definition) is 1. The van der Waals surface area contributed by atoms with Crippen LogP contribution in [0.1, 0.15) is 25.0 Å². The molecule has 2 aromatic rings. The van der Waals surface area contributed by atoms with Crippen LogP contribution in [0.3, 0.4) is 0 Å². The van der Waals surface area contributed by atoms with Crippen LogP contribution < -0.4 is 10.1 Å². The molecule has 0 fully saturated rings. The average Bonchev–Trinajstić information content (AvgIpc) is 2.71. The minimum Gasteiger partial charge on any atom is -0.487 e. The lowest BCUT2D eigenvalue weighted by Gasteiger charge is -2.16. The molecule has 21 heavy (non-hydrogen) atoms. The van der Waals surface area contributed by atoms with Crippen LogP contribution in [-0.4, -0.2) is 5.60 Å². The lowest BCUT2D eigenvalue weighted by atomic mass is 10.0. The van der Waals surface area contributed by atoms with Crippen molar-refractivity contribution in [2.24, 2.45) is 0 Å². The highest BCUT2D eigenvalue weighted by molar-refractivity contribution is 6.39. The van der Waals surface area contributed by atoms with E-state index in [0.717, 1.165) is 17.9 Å². The van der Waals surface area contributed by atoms with Gasteiger partial charge in [0.25, 0.3) is 0 Å². The normalized spacial score (nSPS) is 15.4. The number of rotatable bonds is 3. The SMILES string of the molecule is CC1(C)Cc2cc(CNc3c(Cl)cccc3Cl)ccc2O1. The van der Waals surface area contributed by atoms with Crippen LogP contribution in [0.5, 0.6) is 5.75 Å². The van der Waals surface area contributed by atoms with Crippen molar-refractivity contribution in [1.82, 2.24) is 0 Å². The van der Waals surface area contributed by atoms with Crippen LogP contribution in [0.4, 0.5) is 5.69 Å². The molecular formula is C17H17Cl2NO. The molecule has 0 bridgehead atoms. The molecule has 0 amide bonds. The standard InChI is InChI=1S/C17H17Cl2NO/c1-17(2)9-12-8-11(6-7-15(12)21-17)10-20-16-13(18)4-3-5-14(16)19/h3-8,20H,9-10H2,1-2H3. The van der Waals surface area contributed by atoms with Gasteiger partial charge in [-0.25, -0.2) is 0 Å². The van der Waals surface area contributed by atoms with Gasteiger partial charge in [0.2, 0.25) is 0 Å². The Kier molecular flexibility index (Phi) is 3.76. The van der Waals surface area contributed by atoms with Crippen molar-refractivity contribution in [1.29, 1.82) is 0 Å². The first-order valence-electron chi connectivity index (χ1n) is 6.93. The molecule has 1 aliphatic heterocycles. The molecule has 0 radical (unpaired) electrons. The molecule has 0 saturated carbocycles. The van der Waals surface area contributed by atoms with E-state index in [9.17, 15) is 0 Å².